The van der Waals surface area contributed by atoms with Crippen LogP contribution in [0.2, 0.25) is 0 Å². The standard InChI is InChI=1S/C17H12BrNO/c18-15-7-6-12-9-14(5-4-13(12)10-15)17(20)11-16-3-1-2-8-19-16/h1-10H,11H2. The molecule has 0 aliphatic heterocycles. The summed E-state index contributed by atoms with van der Waals surface area (Å²) in [5.41, 5.74) is 1.53. The monoisotopic (exact) mass is 325 g/mol. The zero-order valence-corrected chi connectivity index (χ0v) is 12.3. The van der Waals surface area contributed by atoms with Crippen LogP contribution in [0.5, 0.6) is 0 Å². The number of hydrogen-bond acceptors (Lipinski definition) is 2. The first kappa shape index (κ1) is 13.0. The fraction of sp³-hybridized carbons (Fsp3) is 0.0588. The van der Waals surface area contributed by atoms with Gasteiger partial charge in [0.2, 0.25) is 0 Å². The van der Waals surface area contributed by atoms with Crippen LogP contribution < -0.4 is 0 Å². The lowest BCUT2D eigenvalue weighted by atomic mass is 10.0. The van der Waals surface area contributed by atoms with Gasteiger partial charge in [0.05, 0.1) is 6.42 Å². The summed E-state index contributed by atoms with van der Waals surface area (Å²) in [4.78, 5) is 16.5. The first-order chi connectivity index (χ1) is 9.72. The number of carbonyl (C=O) groups is 1. The molecule has 0 aliphatic carbocycles. The average Bonchev–Trinajstić information content (AvgIpc) is 2.47. The Balaban J connectivity index is 1.90. The van der Waals surface area contributed by atoms with Gasteiger partial charge in [-0.1, -0.05) is 40.2 Å². The average molecular weight is 326 g/mol. The minimum atomic E-state index is 0.0912. The maximum atomic E-state index is 12.3. The molecule has 1 heterocycles. The third-order valence-electron chi connectivity index (χ3n) is 3.19. The molecule has 0 atom stereocenters. The Morgan fingerprint density at radius 2 is 1.80 bits per heavy atom. The zero-order valence-electron chi connectivity index (χ0n) is 10.7. The van der Waals surface area contributed by atoms with E-state index in [-0.39, 0.29) is 5.78 Å². The summed E-state index contributed by atoms with van der Waals surface area (Å²) in [6.07, 6.45) is 2.05. The molecule has 0 unspecified atom stereocenters. The molecule has 3 rings (SSSR count). The van der Waals surface area contributed by atoms with Crippen LogP contribution in [0.4, 0.5) is 0 Å². The molecule has 3 heteroatoms. The van der Waals surface area contributed by atoms with E-state index in [1.807, 2.05) is 54.6 Å². The van der Waals surface area contributed by atoms with Crippen molar-refractivity contribution in [3.8, 4) is 0 Å². The molecule has 98 valence electrons. The zero-order chi connectivity index (χ0) is 13.9. The van der Waals surface area contributed by atoms with Crippen LogP contribution in [0, 0.1) is 0 Å². The first-order valence-corrected chi connectivity index (χ1v) is 7.14. The topological polar surface area (TPSA) is 30.0 Å². The van der Waals surface area contributed by atoms with Gasteiger partial charge in [-0.05, 0) is 41.1 Å². The highest BCUT2D eigenvalue weighted by Gasteiger charge is 2.08. The van der Waals surface area contributed by atoms with Crippen molar-refractivity contribution >= 4 is 32.5 Å². The second kappa shape index (κ2) is 5.55. The van der Waals surface area contributed by atoms with Crippen molar-refractivity contribution in [1.82, 2.24) is 4.98 Å². The molecule has 0 radical (unpaired) electrons. The normalized spacial score (nSPS) is 10.7. The highest BCUT2D eigenvalue weighted by molar-refractivity contribution is 9.10. The molecule has 3 aromatic rings. The number of fused-ring (bicyclic) bond motifs is 1. The van der Waals surface area contributed by atoms with Gasteiger partial charge in [-0.3, -0.25) is 9.78 Å². The lowest BCUT2D eigenvalue weighted by Gasteiger charge is -2.04. The van der Waals surface area contributed by atoms with Crippen LogP contribution in [0.25, 0.3) is 10.8 Å². The number of pyridine rings is 1. The van der Waals surface area contributed by atoms with E-state index in [0.29, 0.717) is 6.42 Å². The summed E-state index contributed by atoms with van der Waals surface area (Å²) < 4.78 is 1.04. The quantitative estimate of drug-likeness (QED) is 0.667. The predicted octanol–water partition coefficient (Wildman–Crippen LogP) is 4.42. The van der Waals surface area contributed by atoms with E-state index in [2.05, 4.69) is 20.9 Å². The number of ketones is 1. The minimum Gasteiger partial charge on any atom is -0.294 e. The third kappa shape index (κ3) is 2.78. The Morgan fingerprint density at radius 3 is 2.60 bits per heavy atom. The number of carbonyl (C=O) groups excluding carboxylic acids is 1. The molecule has 20 heavy (non-hydrogen) atoms. The second-order valence-corrected chi connectivity index (χ2v) is 5.54. The van der Waals surface area contributed by atoms with Crippen molar-refractivity contribution in [2.45, 2.75) is 6.42 Å². The van der Waals surface area contributed by atoms with E-state index in [4.69, 9.17) is 0 Å². The van der Waals surface area contributed by atoms with Crippen molar-refractivity contribution < 1.29 is 4.79 Å². The Hall–Kier alpha value is -2.00. The minimum absolute atomic E-state index is 0.0912. The molecule has 2 aromatic carbocycles. The molecule has 0 N–H and O–H groups in total. The summed E-state index contributed by atoms with van der Waals surface area (Å²) in [7, 11) is 0. The van der Waals surface area contributed by atoms with E-state index in [9.17, 15) is 4.79 Å². The molecule has 0 spiro atoms. The summed E-state index contributed by atoms with van der Waals surface area (Å²) in [6.45, 7) is 0. The Kier molecular flexibility index (Phi) is 3.61. The molecule has 0 saturated carbocycles. The summed E-state index contributed by atoms with van der Waals surface area (Å²) in [5.74, 6) is 0.0912. The van der Waals surface area contributed by atoms with Gasteiger partial charge in [-0.2, -0.15) is 0 Å². The second-order valence-electron chi connectivity index (χ2n) is 4.63. The van der Waals surface area contributed by atoms with Crippen LogP contribution in [0.1, 0.15) is 16.1 Å². The molecule has 0 aliphatic rings. The molecule has 2 nitrogen and oxygen atoms in total. The molecule has 0 bridgehead atoms. The van der Waals surface area contributed by atoms with Gasteiger partial charge < -0.3 is 0 Å². The lowest BCUT2D eigenvalue weighted by molar-refractivity contribution is 0.0992. The Morgan fingerprint density at radius 1 is 1.00 bits per heavy atom. The summed E-state index contributed by atoms with van der Waals surface area (Å²) in [5, 5.41) is 2.19. The number of Topliss-reactive ketones (excluding diaryl/α,β-unsaturated/α-hetero) is 1. The molecule has 0 saturated heterocycles. The van der Waals surface area contributed by atoms with Gasteiger partial charge in [0.1, 0.15) is 0 Å². The van der Waals surface area contributed by atoms with Gasteiger partial charge >= 0.3 is 0 Å². The highest BCUT2D eigenvalue weighted by atomic mass is 79.9. The van der Waals surface area contributed by atoms with Crippen molar-refractivity contribution in [3.63, 3.8) is 0 Å². The molecule has 1 aromatic heterocycles. The van der Waals surface area contributed by atoms with E-state index >= 15 is 0 Å². The van der Waals surface area contributed by atoms with Gasteiger partial charge in [0, 0.05) is 21.9 Å². The predicted molar refractivity (Wildman–Crippen MR) is 83.9 cm³/mol. The van der Waals surface area contributed by atoms with E-state index in [0.717, 1.165) is 26.5 Å². The van der Waals surface area contributed by atoms with Crippen molar-refractivity contribution in [3.05, 3.63) is 76.5 Å². The Labute approximate surface area is 125 Å². The van der Waals surface area contributed by atoms with Gasteiger partial charge in [0.25, 0.3) is 0 Å². The fourth-order valence-electron chi connectivity index (χ4n) is 2.16. The Bertz CT molecular complexity index is 768. The largest absolute Gasteiger partial charge is 0.294 e. The molecular formula is C17H12BrNO. The lowest BCUT2D eigenvalue weighted by Crippen LogP contribution is -2.04. The van der Waals surface area contributed by atoms with Crippen molar-refractivity contribution in [1.29, 1.82) is 0 Å². The maximum Gasteiger partial charge on any atom is 0.168 e. The highest BCUT2D eigenvalue weighted by Crippen LogP contribution is 2.21. The number of aromatic nitrogens is 1. The number of rotatable bonds is 3. The number of hydrogen-bond donors (Lipinski definition) is 0. The molecule has 0 fully saturated rings. The van der Waals surface area contributed by atoms with Crippen LogP contribution in [-0.2, 0) is 6.42 Å². The van der Waals surface area contributed by atoms with E-state index in [1.165, 1.54) is 0 Å². The van der Waals surface area contributed by atoms with Crippen LogP contribution in [0.3, 0.4) is 0 Å². The van der Waals surface area contributed by atoms with Gasteiger partial charge in [-0.25, -0.2) is 0 Å². The van der Waals surface area contributed by atoms with Gasteiger partial charge in [0.15, 0.2) is 5.78 Å². The van der Waals surface area contributed by atoms with E-state index in [1.54, 1.807) is 6.20 Å². The summed E-state index contributed by atoms with van der Waals surface area (Å²) in [6, 6.07) is 17.4. The summed E-state index contributed by atoms with van der Waals surface area (Å²) >= 11 is 3.45. The smallest absolute Gasteiger partial charge is 0.168 e. The number of nitrogens with zero attached hydrogens (tertiary/aromatic N) is 1. The molecular weight excluding hydrogens is 314 g/mol. The SMILES string of the molecule is O=C(Cc1ccccn1)c1ccc2cc(Br)ccc2c1. The van der Waals surface area contributed by atoms with E-state index < -0.39 is 0 Å². The third-order valence-corrected chi connectivity index (χ3v) is 3.69. The first-order valence-electron chi connectivity index (χ1n) is 6.35. The maximum absolute atomic E-state index is 12.3. The van der Waals surface area contributed by atoms with Crippen LogP contribution >= 0.6 is 15.9 Å². The van der Waals surface area contributed by atoms with Crippen molar-refractivity contribution in [2.75, 3.05) is 0 Å². The fourth-order valence-corrected chi connectivity index (χ4v) is 2.54. The number of halogens is 1. The van der Waals surface area contributed by atoms with Crippen LogP contribution in [-0.4, -0.2) is 10.8 Å². The van der Waals surface area contributed by atoms with Crippen molar-refractivity contribution in [2.24, 2.45) is 0 Å². The van der Waals surface area contributed by atoms with Crippen LogP contribution in [0.15, 0.2) is 65.3 Å². The molecule has 0 amide bonds. The number of benzene rings is 2. The van der Waals surface area contributed by atoms with Gasteiger partial charge in [-0.15, -0.1) is 0 Å².